The molecule has 0 amide bonds. The van der Waals surface area contributed by atoms with Crippen LogP contribution in [0, 0.1) is 0 Å². The molecule has 2 aliphatic heterocycles. The molecule has 0 unspecified atom stereocenters. The number of rotatable bonds is 3. The van der Waals surface area contributed by atoms with Crippen molar-refractivity contribution in [2.45, 2.75) is 13.5 Å². The Morgan fingerprint density at radius 2 is 2.06 bits per heavy atom. The van der Waals surface area contributed by atoms with E-state index in [0.717, 1.165) is 23.8 Å². The molecule has 1 aromatic carbocycles. The lowest BCUT2D eigenvalue weighted by molar-refractivity contribution is 0.297. The molecule has 4 heteroatoms. The standard InChI is InChI=1S/C14H16N4/c1-11-13-8-5-9-14(18(13)17-16-11)15-10-12-6-3-2-4-7-12/h2-9,15-17H,10H2,1H3. The normalized spacial score (nSPS) is 17.4. The van der Waals surface area contributed by atoms with Crippen molar-refractivity contribution >= 4 is 0 Å². The minimum Gasteiger partial charge on any atom is -0.366 e. The van der Waals surface area contributed by atoms with Crippen molar-refractivity contribution in [3.05, 3.63) is 71.3 Å². The molecule has 0 aromatic heterocycles. The van der Waals surface area contributed by atoms with Gasteiger partial charge in [0.2, 0.25) is 0 Å². The number of nitrogens with one attached hydrogen (secondary N) is 3. The predicted molar refractivity (Wildman–Crippen MR) is 71.3 cm³/mol. The number of allylic oxidation sites excluding steroid dienone is 4. The van der Waals surface area contributed by atoms with Crippen LogP contribution in [0.5, 0.6) is 0 Å². The molecule has 92 valence electrons. The average molecular weight is 240 g/mol. The molecular weight excluding hydrogens is 224 g/mol. The monoisotopic (exact) mass is 240 g/mol. The van der Waals surface area contributed by atoms with Gasteiger partial charge in [-0.1, -0.05) is 36.4 Å². The van der Waals surface area contributed by atoms with Gasteiger partial charge in [-0.25, -0.2) is 5.01 Å². The molecule has 0 atom stereocenters. The maximum Gasteiger partial charge on any atom is 0.123 e. The first-order valence-electron chi connectivity index (χ1n) is 6.03. The third kappa shape index (κ3) is 1.98. The van der Waals surface area contributed by atoms with Crippen molar-refractivity contribution < 1.29 is 0 Å². The van der Waals surface area contributed by atoms with Gasteiger partial charge in [-0.15, -0.1) is 5.53 Å². The van der Waals surface area contributed by atoms with E-state index < -0.39 is 0 Å². The number of benzene rings is 1. The highest BCUT2D eigenvalue weighted by Gasteiger charge is 2.22. The Labute approximate surface area is 107 Å². The van der Waals surface area contributed by atoms with E-state index in [1.165, 1.54) is 5.56 Å². The fraction of sp³-hybridized carbons (Fsp3) is 0.143. The van der Waals surface area contributed by atoms with E-state index in [2.05, 4.69) is 58.8 Å². The number of hydrogen-bond donors (Lipinski definition) is 3. The molecule has 0 saturated carbocycles. The molecule has 0 bridgehead atoms. The third-order valence-electron chi connectivity index (χ3n) is 3.05. The summed E-state index contributed by atoms with van der Waals surface area (Å²) in [5, 5.41) is 5.44. The van der Waals surface area contributed by atoms with E-state index in [-0.39, 0.29) is 0 Å². The van der Waals surface area contributed by atoms with Gasteiger partial charge in [0.1, 0.15) is 5.82 Å². The van der Waals surface area contributed by atoms with Crippen LogP contribution in [0.4, 0.5) is 0 Å². The highest BCUT2D eigenvalue weighted by Crippen LogP contribution is 2.20. The van der Waals surface area contributed by atoms with E-state index in [1.54, 1.807) is 0 Å². The van der Waals surface area contributed by atoms with Crippen LogP contribution in [-0.4, -0.2) is 5.01 Å². The molecule has 0 spiro atoms. The Morgan fingerprint density at radius 3 is 2.89 bits per heavy atom. The topological polar surface area (TPSA) is 39.3 Å². The second-order valence-electron chi connectivity index (χ2n) is 4.33. The number of hydrogen-bond acceptors (Lipinski definition) is 4. The fourth-order valence-corrected chi connectivity index (χ4v) is 2.05. The summed E-state index contributed by atoms with van der Waals surface area (Å²) in [6, 6.07) is 10.4. The molecule has 0 radical (unpaired) electrons. The Hall–Kier alpha value is -2.20. The van der Waals surface area contributed by atoms with Crippen LogP contribution >= 0.6 is 0 Å². The fourth-order valence-electron chi connectivity index (χ4n) is 2.05. The summed E-state index contributed by atoms with van der Waals surface area (Å²) in [4.78, 5) is 0. The molecule has 0 aliphatic carbocycles. The largest absolute Gasteiger partial charge is 0.366 e. The lowest BCUT2D eigenvalue weighted by Gasteiger charge is -2.25. The van der Waals surface area contributed by atoms with Gasteiger partial charge >= 0.3 is 0 Å². The van der Waals surface area contributed by atoms with Crippen molar-refractivity contribution in [2.75, 3.05) is 0 Å². The van der Waals surface area contributed by atoms with Crippen LogP contribution in [0.1, 0.15) is 12.5 Å². The molecule has 4 nitrogen and oxygen atoms in total. The molecule has 3 N–H and O–H groups in total. The number of hydrazine groups is 2. The van der Waals surface area contributed by atoms with E-state index in [1.807, 2.05) is 18.0 Å². The maximum atomic E-state index is 3.43. The van der Waals surface area contributed by atoms with E-state index in [4.69, 9.17) is 0 Å². The van der Waals surface area contributed by atoms with Gasteiger partial charge in [-0.2, -0.15) is 0 Å². The van der Waals surface area contributed by atoms with Crippen LogP contribution in [-0.2, 0) is 6.54 Å². The minimum absolute atomic E-state index is 0.811. The Bertz CT molecular complexity index is 528. The molecule has 18 heavy (non-hydrogen) atoms. The maximum absolute atomic E-state index is 3.43. The highest BCUT2D eigenvalue weighted by molar-refractivity contribution is 5.35. The summed E-state index contributed by atoms with van der Waals surface area (Å²) in [6.07, 6.45) is 6.19. The van der Waals surface area contributed by atoms with Crippen LogP contribution in [0.25, 0.3) is 0 Å². The molecule has 0 fully saturated rings. The van der Waals surface area contributed by atoms with Crippen molar-refractivity contribution in [1.82, 2.24) is 21.3 Å². The Morgan fingerprint density at radius 1 is 1.22 bits per heavy atom. The molecule has 3 rings (SSSR count). The van der Waals surface area contributed by atoms with E-state index >= 15 is 0 Å². The van der Waals surface area contributed by atoms with E-state index in [0.29, 0.717) is 0 Å². The summed E-state index contributed by atoms with van der Waals surface area (Å²) >= 11 is 0. The lowest BCUT2D eigenvalue weighted by Crippen LogP contribution is -2.41. The third-order valence-corrected chi connectivity index (χ3v) is 3.05. The predicted octanol–water partition coefficient (Wildman–Crippen LogP) is 1.74. The van der Waals surface area contributed by atoms with Gasteiger partial charge in [0.15, 0.2) is 0 Å². The average Bonchev–Trinajstić information content (AvgIpc) is 2.80. The van der Waals surface area contributed by atoms with Crippen molar-refractivity contribution in [3.8, 4) is 0 Å². The van der Waals surface area contributed by atoms with Crippen molar-refractivity contribution in [3.63, 3.8) is 0 Å². The summed E-state index contributed by atoms with van der Waals surface area (Å²) in [5.74, 6) is 1.04. The van der Waals surface area contributed by atoms with Gasteiger partial charge in [0.25, 0.3) is 0 Å². The first kappa shape index (κ1) is 10.9. The van der Waals surface area contributed by atoms with Crippen LogP contribution in [0.3, 0.4) is 0 Å². The Balaban J connectivity index is 1.71. The zero-order valence-electron chi connectivity index (χ0n) is 10.3. The SMILES string of the molecule is CC1=C2C=CC=C(NCc3ccccc3)N2NN1. The lowest BCUT2D eigenvalue weighted by atomic mass is 10.2. The zero-order chi connectivity index (χ0) is 12.4. The zero-order valence-corrected chi connectivity index (χ0v) is 10.3. The summed E-state index contributed by atoms with van der Waals surface area (Å²) in [6.45, 7) is 2.86. The highest BCUT2D eigenvalue weighted by atomic mass is 15.7. The first-order valence-corrected chi connectivity index (χ1v) is 6.03. The molecule has 1 aromatic rings. The molecule has 0 saturated heterocycles. The summed E-state index contributed by atoms with van der Waals surface area (Å²) in [5.41, 5.74) is 9.77. The molecule has 2 heterocycles. The van der Waals surface area contributed by atoms with Crippen LogP contribution < -0.4 is 16.3 Å². The van der Waals surface area contributed by atoms with E-state index in [9.17, 15) is 0 Å². The smallest absolute Gasteiger partial charge is 0.123 e. The summed E-state index contributed by atoms with van der Waals surface area (Å²) < 4.78 is 0. The second-order valence-corrected chi connectivity index (χ2v) is 4.33. The Kier molecular flexibility index (Phi) is 2.78. The van der Waals surface area contributed by atoms with Crippen LogP contribution in [0.2, 0.25) is 0 Å². The van der Waals surface area contributed by atoms with Gasteiger partial charge in [0, 0.05) is 6.54 Å². The van der Waals surface area contributed by atoms with Gasteiger partial charge in [-0.05, 0) is 24.6 Å². The number of fused-ring (bicyclic) bond motifs is 1. The quantitative estimate of drug-likeness (QED) is 0.752. The van der Waals surface area contributed by atoms with Gasteiger partial charge in [0.05, 0.1) is 11.4 Å². The van der Waals surface area contributed by atoms with Crippen molar-refractivity contribution in [1.29, 1.82) is 0 Å². The minimum atomic E-state index is 0.811. The molecule has 2 aliphatic rings. The second kappa shape index (κ2) is 4.58. The van der Waals surface area contributed by atoms with Crippen LogP contribution in [0.15, 0.2) is 65.8 Å². The molecular formula is C14H16N4. The summed E-state index contributed by atoms with van der Waals surface area (Å²) in [7, 11) is 0. The number of nitrogens with zero attached hydrogens (tertiary/aromatic N) is 1. The first-order chi connectivity index (χ1) is 8.84. The van der Waals surface area contributed by atoms with Gasteiger partial charge < -0.3 is 10.7 Å². The van der Waals surface area contributed by atoms with Crippen molar-refractivity contribution in [2.24, 2.45) is 0 Å². The van der Waals surface area contributed by atoms with Gasteiger partial charge in [-0.3, -0.25) is 0 Å².